The van der Waals surface area contributed by atoms with Crippen molar-refractivity contribution in [2.45, 2.75) is 11.8 Å². The number of nitrogens with one attached hydrogen (secondary N) is 1. The number of para-hydroxylation sites is 1. The maximum absolute atomic E-state index is 14.4. The summed E-state index contributed by atoms with van der Waals surface area (Å²) in [6.45, 7) is 1.80. The third-order valence-electron chi connectivity index (χ3n) is 4.55. The Morgan fingerprint density at radius 3 is 2.59 bits per heavy atom. The van der Waals surface area contributed by atoms with Gasteiger partial charge in [-0.3, -0.25) is 4.72 Å². The predicted molar refractivity (Wildman–Crippen MR) is 119 cm³/mol. The van der Waals surface area contributed by atoms with E-state index in [4.69, 9.17) is 4.74 Å². The molecule has 0 fully saturated rings. The number of aromatic nitrogens is 2. The minimum Gasteiger partial charge on any atom is -0.455 e. The van der Waals surface area contributed by atoms with E-state index in [1.165, 1.54) is 30.6 Å². The van der Waals surface area contributed by atoms with Crippen molar-refractivity contribution in [1.82, 2.24) is 9.36 Å². The van der Waals surface area contributed by atoms with Crippen LogP contribution in [-0.2, 0) is 10.0 Å². The monoisotopic (exact) mass is 466 g/mol. The van der Waals surface area contributed by atoms with Crippen molar-refractivity contribution in [3.8, 4) is 28.7 Å². The molecule has 0 amide bonds. The lowest BCUT2D eigenvalue weighted by Crippen LogP contribution is -2.13. The molecule has 1 heterocycles. The van der Waals surface area contributed by atoms with Crippen LogP contribution in [0.25, 0.3) is 11.1 Å². The van der Waals surface area contributed by atoms with E-state index in [2.05, 4.69) is 14.1 Å². The van der Waals surface area contributed by atoms with Gasteiger partial charge in [-0.15, -0.1) is 0 Å². The summed E-state index contributed by atoms with van der Waals surface area (Å²) in [5.74, 6) is 0.110. The predicted octanol–water partition coefficient (Wildman–Crippen LogP) is 5.12. The topological polar surface area (TPSA) is 105 Å². The van der Waals surface area contributed by atoms with E-state index >= 15 is 0 Å². The summed E-state index contributed by atoms with van der Waals surface area (Å²) < 4.78 is 51.7. The molecule has 3 aromatic carbocycles. The SMILES string of the molecule is Cc1cccc(-c2ccccc2F)c1Oc1ccc(S(=O)(=O)Nc2ncns2)cc1C#N. The molecule has 0 atom stereocenters. The zero-order valence-corrected chi connectivity index (χ0v) is 18.2. The van der Waals surface area contributed by atoms with E-state index in [1.54, 1.807) is 43.3 Å². The van der Waals surface area contributed by atoms with Crippen LogP contribution in [0.5, 0.6) is 11.5 Å². The molecular formula is C22H15FN4O3S2. The van der Waals surface area contributed by atoms with Crippen LogP contribution in [0.15, 0.2) is 71.9 Å². The van der Waals surface area contributed by atoms with Gasteiger partial charge in [-0.05, 0) is 36.8 Å². The highest BCUT2D eigenvalue weighted by atomic mass is 32.2. The normalized spacial score (nSPS) is 11.0. The number of halogens is 1. The molecule has 0 radical (unpaired) electrons. The zero-order chi connectivity index (χ0) is 22.7. The zero-order valence-electron chi connectivity index (χ0n) is 16.6. The summed E-state index contributed by atoms with van der Waals surface area (Å²) in [4.78, 5) is 3.67. The van der Waals surface area contributed by atoms with Gasteiger partial charge in [-0.25, -0.2) is 17.8 Å². The number of ether oxygens (including phenoxy) is 1. The molecule has 1 aromatic heterocycles. The average Bonchev–Trinajstić information content (AvgIpc) is 3.28. The van der Waals surface area contributed by atoms with Crippen molar-refractivity contribution in [2.24, 2.45) is 0 Å². The van der Waals surface area contributed by atoms with Gasteiger partial charge < -0.3 is 4.74 Å². The Kier molecular flexibility index (Phi) is 5.85. The van der Waals surface area contributed by atoms with E-state index < -0.39 is 15.8 Å². The molecule has 0 aliphatic carbocycles. The molecule has 0 bridgehead atoms. The summed E-state index contributed by atoms with van der Waals surface area (Å²) in [5, 5.41) is 9.73. The first-order valence-corrected chi connectivity index (χ1v) is 11.5. The van der Waals surface area contributed by atoms with Gasteiger partial charge in [-0.2, -0.15) is 9.64 Å². The highest BCUT2D eigenvalue weighted by molar-refractivity contribution is 7.93. The number of hydrogen-bond donors (Lipinski definition) is 1. The minimum absolute atomic E-state index is 0.00729. The first-order chi connectivity index (χ1) is 15.4. The van der Waals surface area contributed by atoms with Crippen molar-refractivity contribution >= 4 is 26.7 Å². The number of aryl methyl sites for hydroxylation is 1. The van der Waals surface area contributed by atoms with Crippen LogP contribution in [0.4, 0.5) is 9.52 Å². The summed E-state index contributed by atoms with van der Waals surface area (Å²) in [7, 11) is -3.97. The van der Waals surface area contributed by atoms with E-state index in [9.17, 15) is 18.1 Å². The van der Waals surface area contributed by atoms with Gasteiger partial charge in [0.15, 0.2) is 0 Å². The smallest absolute Gasteiger partial charge is 0.263 e. The molecule has 0 saturated carbocycles. The minimum atomic E-state index is -3.97. The second kappa shape index (κ2) is 8.74. The molecule has 0 spiro atoms. The maximum atomic E-state index is 14.4. The summed E-state index contributed by atoms with van der Waals surface area (Å²) >= 11 is 0.890. The molecular weight excluding hydrogens is 451 g/mol. The Morgan fingerprint density at radius 2 is 1.88 bits per heavy atom. The van der Waals surface area contributed by atoms with E-state index in [1.807, 2.05) is 6.07 Å². The highest BCUT2D eigenvalue weighted by Gasteiger charge is 2.20. The van der Waals surface area contributed by atoms with Crippen molar-refractivity contribution in [3.63, 3.8) is 0 Å². The highest BCUT2D eigenvalue weighted by Crippen LogP contribution is 2.38. The second-order valence-electron chi connectivity index (χ2n) is 6.66. The lowest BCUT2D eigenvalue weighted by atomic mass is 10.0. The van der Waals surface area contributed by atoms with Crippen molar-refractivity contribution in [3.05, 3.63) is 83.9 Å². The molecule has 4 rings (SSSR count). The molecule has 0 unspecified atom stereocenters. The first-order valence-electron chi connectivity index (χ1n) is 9.25. The number of rotatable bonds is 6. The van der Waals surface area contributed by atoms with Crippen LogP contribution in [-0.4, -0.2) is 17.8 Å². The van der Waals surface area contributed by atoms with Crippen LogP contribution in [0.3, 0.4) is 0 Å². The standard InChI is InChI=1S/C22H15FN4O3S2/c1-14-5-4-7-18(17-6-2-3-8-19(17)23)21(14)30-20-10-9-16(11-15(20)12-24)32(28,29)27-22-25-13-26-31-22/h2-11,13H,1H3,(H,25,26,27). The van der Waals surface area contributed by atoms with Crippen LogP contribution in [0, 0.1) is 24.1 Å². The third-order valence-corrected chi connectivity index (χ3v) is 6.60. The van der Waals surface area contributed by atoms with Gasteiger partial charge in [-0.1, -0.05) is 36.4 Å². The van der Waals surface area contributed by atoms with Gasteiger partial charge in [0.1, 0.15) is 29.7 Å². The molecule has 1 N–H and O–H groups in total. The van der Waals surface area contributed by atoms with Crippen molar-refractivity contribution in [2.75, 3.05) is 4.72 Å². The maximum Gasteiger partial charge on any atom is 0.263 e. The number of hydrogen-bond acceptors (Lipinski definition) is 7. The molecule has 32 heavy (non-hydrogen) atoms. The van der Waals surface area contributed by atoms with E-state index in [0.717, 1.165) is 17.1 Å². The number of anilines is 1. The van der Waals surface area contributed by atoms with Crippen LogP contribution >= 0.6 is 11.5 Å². The summed E-state index contributed by atoms with van der Waals surface area (Å²) in [6, 6.07) is 17.5. The Balaban J connectivity index is 1.72. The first kappa shape index (κ1) is 21.4. The number of nitriles is 1. The van der Waals surface area contributed by atoms with Gasteiger partial charge in [0, 0.05) is 22.7 Å². The molecule has 4 aromatic rings. The molecule has 0 saturated heterocycles. The molecule has 160 valence electrons. The van der Waals surface area contributed by atoms with Crippen molar-refractivity contribution < 1.29 is 17.5 Å². The van der Waals surface area contributed by atoms with Gasteiger partial charge in [0.2, 0.25) is 5.13 Å². The van der Waals surface area contributed by atoms with Gasteiger partial charge in [0.05, 0.1) is 10.5 Å². The lowest BCUT2D eigenvalue weighted by Gasteiger charge is -2.16. The fourth-order valence-corrected chi connectivity index (χ4v) is 4.72. The lowest BCUT2D eigenvalue weighted by molar-refractivity contribution is 0.478. The van der Waals surface area contributed by atoms with Crippen LogP contribution in [0.2, 0.25) is 0 Å². The number of benzene rings is 3. The average molecular weight is 467 g/mol. The molecule has 10 heteroatoms. The van der Waals surface area contributed by atoms with E-state index in [-0.39, 0.29) is 21.3 Å². The summed E-state index contributed by atoms with van der Waals surface area (Å²) in [5.41, 5.74) is 1.60. The number of nitrogens with zero attached hydrogens (tertiary/aromatic N) is 3. The summed E-state index contributed by atoms with van der Waals surface area (Å²) in [6.07, 6.45) is 1.23. The van der Waals surface area contributed by atoms with E-state index in [0.29, 0.717) is 16.9 Å². The quantitative estimate of drug-likeness (QED) is 0.423. The molecule has 7 nitrogen and oxygen atoms in total. The van der Waals surface area contributed by atoms with Gasteiger partial charge in [0.25, 0.3) is 10.0 Å². The van der Waals surface area contributed by atoms with Crippen molar-refractivity contribution in [1.29, 1.82) is 5.26 Å². The Hall–Kier alpha value is -3.81. The van der Waals surface area contributed by atoms with Gasteiger partial charge >= 0.3 is 0 Å². The van der Waals surface area contributed by atoms with Crippen LogP contribution in [0.1, 0.15) is 11.1 Å². The third kappa shape index (κ3) is 4.30. The Labute approximate surface area is 188 Å². The largest absolute Gasteiger partial charge is 0.455 e. The second-order valence-corrected chi connectivity index (χ2v) is 9.12. The molecule has 0 aliphatic heterocycles. The fraction of sp³-hybridized carbons (Fsp3) is 0.0455. The fourth-order valence-electron chi connectivity index (χ4n) is 3.03. The number of sulfonamides is 1. The Morgan fingerprint density at radius 1 is 1.09 bits per heavy atom. The van der Waals surface area contributed by atoms with Crippen LogP contribution < -0.4 is 9.46 Å². The molecule has 0 aliphatic rings. The Bertz CT molecular complexity index is 1430.